The molecule has 0 bridgehead atoms. The topological polar surface area (TPSA) is 67.4 Å². The van der Waals surface area contributed by atoms with Gasteiger partial charge in [-0.2, -0.15) is 0 Å². The third-order valence-electron chi connectivity index (χ3n) is 4.44. The van der Waals surface area contributed by atoms with E-state index in [1.165, 1.54) is 0 Å². The average Bonchev–Trinajstić information content (AvgIpc) is 2.62. The van der Waals surface area contributed by atoms with E-state index in [1.807, 2.05) is 44.2 Å². The summed E-state index contributed by atoms with van der Waals surface area (Å²) in [5, 5.41) is 6.05. The van der Waals surface area contributed by atoms with Gasteiger partial charge in [0.15, 0.2) is 0 Å². The fourth-order valence-corrected chi connectivity index (χ4v) is 3.06. The van der Waals surface area contributed by atoms with Gasteiger partial charge in [0.2, 0.25) is 11.8 Å². The van der Waals surface area contributed by atoms with Crippen molar-refractivity contribution in [2.75, 3.05) is 12.4 Å². The number of methoxy groups -OCH3 is 1. The van der Waals surface area contributed by atoms with Crippen LogP contribution in [-0.2, 0) is 16.1 Å². The standard InChI is InChI=1S/C21H25ClN2O3/c1-13-10-14(2)18(16(22)11-13)24-20(26)21(3,4)19(25)23-12-15-8-6-7-9-17(15)27-5/h6-11H,12H2,1-5H3,(H,23,25)(H,24,26). The predicted octanol–water partition coefficient (Wildman–Crippen LogP) is 4.25. The zero-order valence-corrected chi connectivity index (χ0v) is 17.0. The molecule has 0 aliphatic heterocycles. The summed E-state index contributed by atoms with van der Waals surface area (Å²) in [6.07, 6.45) is 0. The van der Waals surface area contributed by atoms with Crippen LogP contribution in [-0.4, -0.2) is 18.9 Å². The van der Waals surface area contributed by atoms with E-state index >= 15 is 0 Å². The van der Waals surface area contributed by atoms with Crippen LogP contribution in [0.15, 0.2) is 36.4 Å². The highest BCUT2D eigenvalue weighted by Gasteiger charge is 2.36. The molecule has 0 aliphatic rings. The second-order valence-electron chi connectivity index (χ2n) is 7.01. The number of para-hydroxylation sites is 1. The van der Waals surface area contributed by atoms with Gasteiger partial charge >= 0.3 is 0 Å². The van der Waals surface area contributed by atoms with Gasteiger partial charge in [-0.3, -0.25) is 9.59 Å². The highest BCUT2D eigenvalue weighted by Crippen LogP contribution is 2.29. The quantitative estimate of drug-likeness (QED) is 0.727. The van der Waals surface area contributed by atoms with Crippen LogP contribution in [0, 0.1) is 19.3 Å². The first-order valence-electron chi connectivity index (χ1n) is 8.65. The Hall–Kier alpha value is -2.53. The number of carbonyl (C=O) groups is 2. The second-order valence-corrected chi connectivity index (χ2v) is 7.42. The van der Waals surface area contributed by atoms with Crippen molar-refractivity contribution in [1.82, 2.24) is 5.32 Å². The highest BCUT2D eigenvalue weighted by molar-refractivity contribution is 6.34. The minimum atomic E-state index is -1.28. The number of amides is 2. The second kappa shape index (κ2) is 8.44. The molecule has 0 saturated heterocycles. The molecule has 2 rings (SSSR count). The number of nitrogens with one attached hydrogen (secondary N) is 2. The molecular weight excluding hydrogens is 364 g/mol. The Kier molecular flexibility index (Phi) is 6.50. The summed E-state index contributed by atoms with van der Waals surface area (Å²) < 4.78 is 5.28. The zero-order chi connectivity index (χ0) is 20.2. The smallest absolute Gasteiger partial charge is 0.239 e. The van der Waals surface area contributed by atoms with Gasteiger partial charge in [0.25, 0.3) is 0 Å². The summed E-state index contributed by atoms with van der Waals surface area (Å²) in [6.45, 7) is 7.22. The monoisotopic (exact) mass is 388 g/mol. The molecule has 2 N–H and O–H groups in total. The Morgan fingerprint density at radius 1 is 1.11 bits per heavy atom. The summed E-state index contributed by atoms with van der Waals surface area (Å²) in [6, 6.07) is 11.1. The first-order valence-corrected chi connectivity index (χ1v) is 9.03. The summed E-state index contributed by atoms with van der Waals surface area (Å²) in [5.41, 5.74) is 1.94. The molecule has 2 amide bonds. The van der Waals surface area contributed by atoms with E-state index in [-0.39, 0.29) is 12.5 Å². The molecule has 27 heavy (non-hydrogen) atoms. The lowest BCUT2D eigenvalue weighted by Gasteiger charge is -2.24. The van der Waals surface area contributed by atoms with Crippen molar-refractivity contribution in [3.63, 3.8) is 0 Å². The van der Waals surface area contributed by atoms with Crippen LogP contribution in [0.25, 0.3) is 0 Å². The van der Waals surface area contributed by atoms with Crippen LogP contribution < -0.4 is 15.4 Å². The van der Waals surface area contributed by atoms with E-state index in [0.29, 0.717) is 16.5 Å². The Balaban J connectivity index is 2.10. The van der Waals surface area contributed by atoms with Crippen LogP contribution in [0.4, 0.5) is 5.69 Å². The summed E-state index contributed by atoms with van der Waals surface area (Å²) >= 11 is 6.25. The number of hydrogen-bond acceptors (Lipinski definition) is 3. The molecule has 5 nitrogen and oxygen atoms in total. The van der Waals surface area contributed by atoms with E-state index < -0.39 is 11.3 Å². The molecular formula is C21H25ClN2O3. The van der Waals surface area contributed by atoms with Crippen LogP contribution in [0.3, 0.4) is 0 Å². The number of anilines is 1. The Bertz CT molecular complexity index is 839. The van der Waals surface area contributed by atoms with Crippen molar-refractivity contribution in [2.24, 2.45) is 5.41 Å². The Labute approximate surface area is 165 Å². The number of carbonyl (C=O) groups excluding carboxylic acids is 2. The molecule has 0 fully saturated rings. The van der Waals surface area contributed by atoms with Gasteiger partial charge in [-0.05, 0) is 51.0 Å². The van der Waals surface area contributed by atoms with Crippen molar-refractivity contribution in [1.29, 1.82) is 0 Å². The van der Waals surface area contributed by atoms with Crippen LogP contribution in [0.2, 0.25) is 5.02 Å². The molecule has 0 aromatic heterocycles. The van der Waals surface area contributed by atoms with Crippen molar-refractivity contribution in [3.8, 4) is 5.75 Å². The molecule has 144 valence electrons. The van der Waals surface area contributed by atoms with E-state index in [4.69, 9.17) is 16.3 Å². The molecule has 0 saturated carbocycles. The third kappa shape index (κ3) is 4.80. The molecule has 0 heterocycles. The molecule has 0 radical (unpaired) electrons. The van der Waals surface area contributed by atoms with Gasteiger partial charge in [-0.1, -0.05) is 35.9 Å². The number of hydrogen-bond donors (Lipinski definition) is 2. The minimum absolute atomic E-state index is 0.268. The van der Waals surface area contributed by atoms with Crippen molar-refractivity contribution >= 4 is 29.1 Å². The lowest BCUT2D eigenvalue weighted by molar-refractivity contribution is -0.138. The van der Waals surface area contributed by atoms with E-state index in [1.54, 1.807) is 27.0 Å². The molecule has 0 aliphatic carbocycles. The number of aryl methyl sites for hydroxylation is 2. The fourth-order valence-electron chi connectivity index (χ4n) is 2.69. The van der Waals surface area contributed by atoms with Crippen molar-refractivity contribution in [3.05, 3.63) is 58.1 Å². The number of halogens is 1. The van der Waals surface area contributed by atoms with E-state index in [2.05, 4.69) is 10.6 Å². The maximum atomic E-state index is 12.7. The van der Waals surface area contributed by atoms with Crippen LogP contribution in [0.5, 0.6) is 5.75 Å². The fraction of sp³-hybridized carbons (Fsp3) is 0.333. The summed E-state index contributed by atoms with van der Waals surface area (Å²) in [7, 11) is 1.58. The van der Waals surface area contributed by atoms with Gasteiger partial charge in [0.1, 0.15) is 11.2 Å². The molecule has 0 spiro atoms. The zero-order valence-electron chi connectivity index (χ0n) is 16.3. The van der Waals surface area contributed by atoms with Gasteiger partial charge in [0, 0.05) is 12.1 Å². The lowest BCUT2D eigenvalue weighted by Crippen LogP contribution is -2.45. The Morgan fingerprint density at radius 3 is 2.41 bits per heavy atom. The average molecular weight is 389 g/mol. The van der Waals surface area contributed by atoms with Gasteiger partial charge in [-0.25, -0.2) is 0 Å². The number of ether oxygens (including phenoxy) is 1. The van der Waals surface area contributed by atoms with E-state index in [9.17, 15) is 9.59 Å². The minimum Gasteiger partial charge on any atom is -0.496 e. The SMILES string of the molecule is COc1ccccc1CNC(=O)C(C)(C)C(=O)Nc1c(C)cc(C)cc1Cl. The molecule has 0 atom stereocenters. The molecule has 6 heteroatoms. The Morgan fingerprint density at radius 2 is 1.78 bits per heavy atom. The van der Waals surface area contributed by atoms with Gasteiger partial charge < -0.3 is 15.4 Å². The van der Waals surface area contributed by atoms with Gasteiger partial charge in [-0.15, -0.1) is 0 Å². The van der Waals surface area contributed by atoms with E-state index in [0.717, 1.165) is 16.7 Å². The number of benzene rings is 2. The van der Waals surface area contributed by atoms with Crippen molar-refractivity contribution in [2.45, 2.75) is 34.2 Å². The summed E-state index contributed by atoms with van der Waals surface area (Å²) in [4.78, 5) is 25.4. The predicted molar refractivity (Wildman–Crippen MR) is 108 cm³/mol. The number of rotatable bonds is 6. The van der Waals surface area contributed by atoms with Crippen LogP contribution in [0.1, 0.15) is 30.5 Å². The highest BCUT2D eigenvalue weighted by atomic mass is 35.5. The van der Waals surface area contributed by atoms with Crippen LogP contribution >= 0.6 is 11.6 Å². The summed E-state index contributed by atoms with van der Waals surface area (Å²) in [5.74, 6) is -0.122. The normalized spacial score (nSPS) is 11.0. The maximum Gasteiger partial charge on any atom is 0.239 e. The van der Waals surface area contributed by atoms with Crippen molar-refractivity contribution < 1.29 is 14.3 Å². The first-order chi connectivity index (χ1) is 12.7. The first kappa shape index (κ1) is 20.8. The van der Waals surface area contributed by atoms with Gasteiger partial charge in [0.05, 0.1) is 17.8 Å². The maximum absolute atomic E-state index is 12.7. The lowest BCUT2D eigenvalue weighted by atomic mass is 9.90. The molecule has 2 aromatic rings. The largest absolute Gasteiger partial charge is 0.496 e. The molecule has 2 aromatic carbocycles. The third-order valence-corrected chi connectivity index (χ3v) is 4.74. The molecule has 0 unspecified atom stereocenters.